The summed E-state index contributed by atoms with van der Waals surface area (Å²) in [4.78, 5) is 4.30. The SMILES string of the molecule is NCc1ccnc(OCC2CC(c3ccc(F)cc3)CN2SN2CCOCC2)c1. The second-order valence-electron chi connectivity index (χ2n) is 7.38. The summed E-state index contributed by atoms with van der Waals surface area (Å²) < 4.78 is 29.6. The Bertz CT molecular complexity index is 789. The molecule has 4 rings (SSSR count). The van der Waals surface area contributed by atoms with Gasteiger partial charge in [-0.25, -0.2) is 18.0 Å². The zero-order valence-electron chi connectivity index (χ0n) is 16.4. The summed E-state index contributed by atoms with van der Waals surface area (Å²) in [5, 5.41) is 0. The van der Waals surface area contributed by atoms with Gasteiger partial charge in [0.15, 0.2) is 0 Å². The molecule has 8 heteroatoms. The largest absolute Gasteiger partial charge is 0.476 e. The number of hydrogen-bond acceptors (Lipinski definition) is 7. The predicted octanol–water partition coefficient (Wildman–Crippen LogP) is 2.81. The van der Waals surface area contributed by atoms with E-state index in [2.05, 4.69) is 13.6 Å². The topological polar surface area (TPSA) is 63.9 Å². The van der Waals surface area contributed by atoms with Gasteiger partial charge in [-0.2, -0.15) is 0 Å². The Morgan fingerprint density at radius 3 is 2.76 bits per heavy atom. The number of morpholine rings is 1. The zero-order valence-corrected chi connectivity index (χ0v) is 17.2. The van der Waals surface area contributed by atoms with Crippen LogP contribution in [-0.2, 0) is 11.3 Å². The highest BCUT2D eigenvalue weighted by atomic mass is 32.2. The fourth-order valence-corrected chi connectivity index (χ4v) is 4.86. The molecule has 2 aromatic rings. The molecule has 0 amide bonds. The number of pyridine rings is 1. The van der Waals surface area contributed by atoms with Crippen molar-refractivity contribution in [3.05, 3.63) is 59.5 Å². The molecule has 3 heterocycles. The Balaban J connectivity index is 1.43. The number of ether oxygens (including phenoxy) is 2. The maximum Gasteiger partial charge on any atom is 0.213 e. The van der Waals surface area contributed by atoms with Crippen LogP contribution in [0.3, 0.4) is 0 Å². The van der Waals surface area contributed by atoms with Crippen molar-refractivity contribution < 1.29 is 13.9 Å². The molecule has 2 fully saturated rings. The first-order valence-electron chi connectivity index (χ1n) is 10.0. The molecule has 2 saturated heterocycles. The van der Waals surface area contributed by atoms with Gasteiger partial charge in [-0.3, -0.25) is 0 Å². The van der Waals surface area contributed by atoms with E-state index in [0.717, 1.165) is 44.8 Å². The van der Waals surface area contributed by atoms with Crippen LogP contribution >= 0.6 is 12.1 Å². The lowest BCUT2D eigenvalue weighted by Gasteiger charge is -2.31. The molecule has 2 N–H and O–H groups in total. The van der Waals surface area contributed by atoms with Gasteiger partial charge in [0.1, 0.15) is 12.4 Å². The lowest BCUT2D eigenvalue weighted by Crippen LogP contribution is -2.38. The molecule has 0 bridgehead atoms. The van der Waals surface area contributed by atoms with Gasteiger partial charge in [0.05, 0.1) is 19.3 Å². The minimum atomic E-state index is -0.197. The van der Waals surface area contributed by atoms with E-state index in [1.54, 1.807) is 30.5 Å². The third-order valence-electron chi connectivity index (χ3n) is 5.35. The van der Waals surface area contributed by atoms with Crippen molar-refractivity contribution in [3.63, 3.8) is 0 Å². The van der Waals surface area contributed by atoms with Gasteiger partial charge in [-0.05, 0) is 41.7 Å². The predicted molar refractivity (Wildman–Crippen MR) is 112 cm³/mol. The maximum absolute atomic E-state index is 13.3. The van der Waals surface area contributed by atoms with Crippen LogP contribution in [0.5, 0.6) is 5.88 Å². The number of hydrogen-bond donors (Lipinski definition) is 1. The summed E-state index contributed by atoms with van der Waals surface area (Å²) >= 11 is 1.77. The molecule has 2 aliphatic rings. The summed E-state index contributed by atoms with van der Waals surface area (Å²) in [6.07, 6.45) is 2.69. The molecule has 1 aromatic carbocycles. The minimum Gasteiger partial charge on any atom is -0.476 e. The van der Waals surface area contributed by atoms with Crippen molar-refractivity contribution in [1.82, 2.24) is 13.6 Å². The molecule has 0 radical (unpaired) electrons. The monoisotopic (exact) mass is 418 g/mol. The normalized spacial score (nSPS) is 23.4. The van der Waals surface area contributed by atoms with E-state index in [-0.39, 0.29) is 11.9 Å². The zero-order chi connectivity index (χ0) is 20.1. The van der Waals surface area contributed by atoms with Crippen molar-refractivity contribution in [2.24, 2.45) is 5.73 Å². The van der Waals surface area contributed by atoms with Crippen LogP contribution in [0.2, 0.25) is 0 Å². The first kappa shape index (κ1) is 20.6. The third-order valence-corrected chi connectivity index (χ3v) is 6.61. The van der Waals surface area contributed by atoms with E-state index in [0.29, 0.717) is 24.9 Å². The lowest BCUT2D eigenvalue weighted by molar-refractivity contribution is 0.0753. The molecule has 0 spiro atoms. The molecule has 2 unspecified atom stereocenters. The second-order valence-corrected chi connectivity index (χ2v) is 8.53. The van der Waals surface area contributed by atoms with Crippen LogP contribution in [0, 0.1) is 5.82 Å². The van der Waals surface area contributed by atoms with Crippen molar-refractivity contribution in [2.45, 2.75) is 24.9 Å². The summed E-state index contributed by atoms with van der Waals surface area (Å²) in [5.74, 6) is 0.757. The highest BCUT2D eigenvalue weighted by molar-refractivity contribution is 7.94. The fraction of sp³-hybridized carbons (Fsp3) is 0.476. The van der Waals surface area contributed by atoms with Gasteiger partial charge in [-0.1, -0.05) is 12.1 Å². The van der Waals surface area contributed by atoms with Crippen LogP contribution in [0.25, 0.3) is 0 Å². The summed E-state index contributed by atoms with van der Waals surface area (Å²) in [7, 11) is 0. The quantitative estimate of drug-likeness (QED) is 0.694. The van der Waals surface area contributed by atoms with Crippen molar-refractivity contribution in [3.8, 4) is 5.88 Å². The number of nitrogens with two attached hydrogens (primary N) is 1. The first-order chi connectivity index (χ1) is 14.2. The first-order valence-corrected chi connectivity index (χ1v) is 10.7. The van der Waals surface area contributed by atoms with E-state index < -0.39 is 0 Å². The van der Waals surface area contributed by atoms with E-state index in [4.69, 9.17) is 15.2 Å². The van der Waals surface area contributed by atoms with Gasteiger partial charge in [-0.15, -0.1) is 0 Å². The van der Waals surface area contributed by atoms with Gasteiger partial charge >= 0.3 is 0 Å². The Kier molecular flexibility index (Phi) is 6.99. The molecule has 29 heavy (non-hydrogen) atoms. The lowest BCUT2D eigenvalue weighted by atomic mass is 9.96. The van der Waals surface area contributed by atoms with Crippen molar-refractivity contribution in [1.29, 1.82) is 0 Å². The molecule has 0 aliphatic carbocycles. The van der Waals surface area contributed by atoms with E-state index in [9.17, 15) is 4.39 Å². The molecular formula is C21H27FN4O2S. The van der Waals surface area contributed by atoms with Crippen LogP contribution < -0.4 is 10.5 Å². The van der Waals surface area contributed by atoms with Crippen molar-refractivity contribution >= 4 is 12.1 Å². The second kappa shape index (κ2) is 9.86. The highest BCUT2D eigenvalue weighted by Gasteiger charge is 2.35. The average molecular weight is 419 g/mol. The number of rotatable bonds is 7. The average Bonchev–Trinajstić information content (AvgIpc) is 3.16. The number of nitrogens with zero attached hydrogens (tertiary/aromatic N) is 3. The Labute approximate surface area is 175 Å². The molecule has 156 valence electrons. The van der Waals surface area contributed by atoms with Crippen LogP contribution in [0.4, 0.5) is 4.39 Å². The molecular weight excluding hydrogens is 391 g/mol. The smallest absolute Gasteiger partial charge is 0.213 e. The van der Waals surface area contributed by atoms with Crippen LogP contribution in [0.15, 0.2) is 42.6 Å². The molecule has 1 aromatic heterocycles. The van der Waals surface area contributed by atoms with Crippen molar-refractivity contribution in [2.75, 3.05) is 39.5 Å². The van der Waals surface area contributed by atoms with Gasteiger partial charge in [0.2, 0.25) is 5.88 Å². The Morgan fingerprint density at radius 1 is 1.21 bits per heavy atom. The molecule has 0 saturated carbocycles. The summed E-state index contributed by atoms with van der Waals surface area (Å²) in [6.45, 7) is 5.27. The molecule has 2 atom stereocenters. The number of halogens is 1. The van der Waals surface area contributed by atoms with Gasteiger partial charge in [0, 0.05) is 50.6 Å². The third kappa shape index (κ3) is 5.46. The summed E-state index contributed by atoms with van der Waals surface area (Å²) in [6, 6.07) is 10.9. The molecule has 6 nitrogen and oxygen atoms in total. The fourth-order valence-electron chi connectivity index (χ4n) is 3.73. The van der Waals surface area contributed by atoms with Gasteiger partial charge < -0.3 is 15.2 Å². The van der Waals surface area contributed by atoms with Gasteiger partial charge in [0.25, 0.3) is 0 Å². The standard InChI is InChI=1S/C21H27FN4O2S/c22-19-3-1-17(2-4-19)18-12-20(15-28-21-11-16(13-23)5-6-24-21)26(14-18)29-25-7-9-27-10-8-25/h1-6,11,18,20H,7-10,12-15,23H2. The Morgan fingerprint density at radius 2 is 2.00 bits per heavy atom. The minimum absolute atomic E-state index is 0.197. The molecule has 2 aliphatic heterocycles. The van der Waals surface area contributed by atoms with E-state index in [1.807, 2.05) is 24.3 Å². The van der Waals surface area contributed by atoms with Crippen LogP contribution in [-0.4, -0.2) is 59.1 Å². The summed E-state index contributed by atoms with van der Waals surface area (Å²) in [5.41, 5.74) is 7.89. The van der Waals surface area contributed by atoms with E-state index >= 15 is 0 Å². The van der Waals surface area contributed by atoms with Crippen LogP contribution in [0.1, 0.15) is 23.5 Å². The highest BCUT2D eigenvalue weighted by Crippen LogP contribution is 2.37. The maximum atomic E-state index is 13.3. The number of aromatic nitrogens is 1. The van der Waals surface area contributed by atoms with E-state index in [1.165, 1.54) is 5.56 Å². The Hall–Kier alpha value is -1.71. The number of benzene rings is 1.